The molecule has 0 saturated carbocycles. The van der Waals surface area contributed by atoms with E-state index in [0.29, 0.717) is 24.7 Å². The first-order valence-corrected chi connectivity index (χ1v) is 7.12. The highest BCUT2D eigenvalue weighted by Gasteiger charge is 2.36. The Balaban J connectivity index is 2.17. The van der Waals surface area contributed by atoms with Gasteiger partial charge in [-0.1, -0.05) is 6.92 Å². The normalized spacial score (nSPS) is 21.4. The van der Waals surface area contributed by atoms with Crippen LogP contribution < -0.4 is 0 Å². The van der Waals surface area contributed by atoms with Crippen molar-refractivity contribution < 1.29 is 18.0 Å². The molecule has 1 amide bonds. The van der Waals surface area contributed by atoms with E-state index in [1.807, 2.05) is 0 Å². The smallest absolute Gasteiger partial charge is 0.341 e. The number of likely N-dealkylation sites (tertiary alicyclic amines) is 1. The molecule has 1 fully saturated rings. The Hall–Kier alpha value is -1.53. The van der Waals surface area contributed by atoms with Crippen molar-refractivity contribution in [2.24, 2.45) is 5.92 Å². The van der Waals surface area contributed by atoms with Crippen molar-refractivity contribution in [1.82, 2.24) is 14.7 Å². The van der Waals surface area contributed by atoms with Gasteiger partial charge in [0.2, 0.25) is 5.91 Å². The second-order valence-electron chi connectivity index (χ2n) is 5.82. The summed E-state index contributed by atoms with van der Waals surface area (Å²) in [6, 6.07) is 0.259. The zero-order chi connectivity index (χ0) is 15.8. The number of carbonyl (C=O) groups excluding carboxylic acids is 1. The zero-order valence-corrected chi connectivity index (χ0v) is 12.4. The molecule has 0 spiro atoms. The number of aryl methyl sites for hydroxylation is 1. The van der Waals surface area contributed by atoms with E-state index < -0.39 is 17.9 Å². The Bertz CT molecular complexity index is 524. The highest BCUT2D eigenvalue weighted by atomic mass is 19.4. The lowest BCUT2D eigenvalue weighted by atomic mass is 10.00. The van der Waals surface area contributed by atoms with Crippen LogP contribution in [0.5, 0.6) is 0 Å². The maximum Gasteiger partial charge on any atom is 0.435 e. The number of rotatable bonds is 2. The standard InChI is InChI=1S/C14H20F3N3O/c1-9-5-4-6-19(8-9)13(21)11(3)20-10(2)7-12(18-20)14(15,16)17/h7,9,11H,4-6,8H2,1-3H3/t9-,11-/m0/s1. The van der Waals surface area contributed by atoms with Crippen LogP contribution in [-0.2, 0) is 11.0 Å². The average molecular weight is 303 g/mol. The van der Waals surface area contributed by atoms with Gasteiger partial charge in [0.1, 0.15) is 6.04 Å². The monoisotopic (exact) mass is 303 g/mol. The largest absolute Gasteiger partial charge is 0.435 e. The lowest BCUT2D eigenvalue weighted by Gasteiger charge is -2.33. The highest BCUT2D eigenvalue weighted by molar-refractivity contribution is 5.80. The van der Waals surface area contributed by atoms with Gasteiger partial charge in [-0.05, 0) is 38.7 Å². The predicted octanol–water partition coefficient (Wildman–Crippen LogP) is 3.03. The molecule has 118 valence electrons. The van der Waals surface area contributed by atoms with Crippen LogP contribution in [-0.4, -0.2) is 33.7 Å². The molecule has 1 saturated heterocycles. The van der Waals surface area contributed by atoms with Gasteiger partial charge in [-0.3, -0.25) is 9.48 Å². The summed E-state index contributed by atoms with van der Waals surface area (Å²) in [6.07, 6.45) is -2.47. The molecule has 0 aliphatic carbocycles. The minimum atomic E-state index is -4.49. The summed E-state index contributed by atoms with van der Waals surface area (Å²) in [5.74, 6) is 0.265. The number of carbonyl (C=O) groups is 1. The molecule has 7 heteroatoms. The predicted molar refractivity (Wildman–Crippen MR) is 71.7 cm³/mol. The molecule has 0 radical (unpaired) electrons. The minimum absolute atomic E-state index is 0.165. The van der Waals surface area contributed by atoms with E-state index in [-0.39, 0.29) is 5.91 Å². The summed E-state index contributed by atoms with van der Waals surface area (Å²) < 4.78 is 39.2. The number of hydrogen-bond donors (Lipinski definition) is 0. The molecule has 1 aromatic heterocycles. The van der Waals surface area contributed by atoms with Gasteiger partial charge in [-0.2, -0.15) is 18.3 Å². The van der Waals surface area contributed by atoms with Crippen LogP contribution in [0.1, 0.15) is 44.1 Å². The quantitative estimate of drug-likeness (QED) is 0.842. The number of hydrogen-bond acceptors (Lipinski definition) is 2. The van der Waals surface area contributed by atoms with Crippen molar-refractivity contribution in [3.05, 3.63) is 17.5 Å². The molecule has 0 aromatic carbocycles. The van der Waals surface area contributed by atoms with Gasteiger partial charge in [0.05, 0.1) is 0 Å². The molecule has 1 aliphatic heterocycles. The molecule has 0 N–H and O–H groups in total. The SMILES string of the molecule is Cc1cc(C(F)(F)F)nn1[C@@H](C)C(=O)N1CCC[C@H](C)C1. The second kappa shape index (κ2) is 5.69. The molecular formula is C14H20F3N3O. The van der Waals surface area contributed by atoms with Crippen molar-refractivity contribution in [2.45, 2.75) is 45.8 Å². The van der Waals surface area contributed by atoms with Gasteiger partial charge in [-0.15, -0.1) is 0 Å². The molecular weight excluding hydrogens is 283 g/mol. The van der Waals surface area contributed by atoms with Gasteiger partial charge in [0.25, 0.3) is 0 Å². The summed E-state index contributed by atoms with van der Waals surface area (Å²) in [4.78, 5) is 14.2. The molecule has 2 rings (SSSR count). The average Bonchev–Trinajstić information content (AvgIpc) is 2.79. The van der Waals surface area contributed by atoms with Crippen LogP contribution in [0.2, 0.25) is 0 Å². The molecule has 2 atom stereocenters. The Kier molecular flexibility index (Phi) is 4.30. The number of halogens is 3. The molecule has 2 heterocycles. The fourth-order valence-electron chi connectivity index (χ4n) is 2.78. The van der Waals surface area contributed by atoms with Crippen molar-refractivity contribution in [3.63, 3.8) is 0 Å². The molecule has 1 aliphatic rings. The minimum Gasteiger partial charge on any atom is -0.341 e. The van der Waals surface area contributed by atoms with Gasteiger partial charge in [0.15, 0.2) is 5.69 Å². The van der Waals surface area contributed by atoms with E-state index >= 15 is 0 Å². The third-order valence-corrected chi connectivity index (χ3v) is 3.91. The number of alkyl halides is 3. The third-order valence-electron chi connectivity index (χ3n) is 3.91. The summed E-state index contributed by atoms with van der Waals surface area (Å²) in [7, 11) is 0. The molecule has 21 heavy (non-hydrogen) atoms. The molecule has 0 bridgehead atoms. The summed E-state index contributed by atoms with van der Waals surface area (Å²) in [6.45, 7) is 6.53. The highest BCUT2D eigenvalue weighted by Crippen LogP contribution is 2.29. The van der Waals surface area contributed by atoms with Gasteiger partial charge in [-0.25, -0.2) is 0 Å². The second-order valence-corrected chi connectivity index (χ2v) is 5.82. The maximum atomic E-state index is 12.7. The van der Waals surface area contributed by atoms with Crippen LogP contribution in [0.25, 0.3) is 0 Å². The number of amides is 1. The number of nitrogens with zero attached hydrogens (tertiary/aromatic N) is 3. The number of piperidine rings is 1. The Morgan fingerprint density at radius 3 is 2.67 bits per heavy atom. The summed E-state index contributed by atoms with van der Waals surface area (Å²) in [5, 5.41) is 3.56. The van der Waals surface area contributed by atoms with Crippen molar-refractivity contribution >= 4 is 5.91 Å². The van der Waals surface area contributed by atoms with Crippen LogP contribution in [0.3, 0.4) is 0 Å². The van der Waals surface area contributed by atoms with E-state index in [1.165, 1.54) is 11.6 Å². The van der Waals surface area contributed by atoms with Gasteiger partial charge in [0, 0.05) is 18.8 Å². The van der Waals surface area contributed by atoms with Crippen LogP contribution >= 0.6 is 0 Å². The van der Waals surface area contributed by atoms with E-state index in [1.54, 1.807) is 11.8 Å². The molecule has 0 unspecified atom stereocenters. The van der Waals surface area contributed by atoms with Crippen LogP contribution in [0.15, 0.2) is 6.07 Å². The fraction of sp³-hybridized carbons (Fsp3) is 0.714. The van der Waals surface area contributed by atoms with Gasteiger partial charge >= 0.3 is 6.18 Å². The Morgan fingerprint density at radius 2 is 2.14 bits per heavy atom. The van der Waals surface area contributed by atoms with Crippen molar-refractivity contribution in [2.75, 3.05) is 13.1 Å². The first-order chi connectivity index (χ1) is 9.70. The molecule has 4 nitrogen and oxygen atoms in total. The van der Waals surface area contributed by atoms with Crippen molar-refractivity contribution in [3.8, 4) is 0 Å². The Labute approximate surface area is 121 Å². The lowest BCUT2D eigenvalue weighted by molar-refractivity contribution is -0.143. The van der Waals surface area contributed by atoms with E-state index in [0.717, 1.165) is 18.9 Å². The van der Waals surface area contributed by atoms with Crippen LogP contribution in [0.4, 0.5) is 13.2 Å². The maximum absolute atomic E-state index is 12.7. The summed E-state index contributed by atoms with van der Waals surface area (Å²) >= 11 is 0. The number of aromatic nitrogens is 2. The third kappa shape index (κ3) is 3.39. The lowest BCUT2D eigenvalue weighted by Crippen LogP contribution is -2.42. The molecule has 1 aromatic rings. The fourth-order valence-corrected chi connectivity index (χ4v) is 2.78. The first kappa shape index (κ1) is 15.9. The van der Waals surface area contributed by atoms with E-state index in [2.05, 4.69) is 12.0 Å². The Morgan fingerprint density at radius 1 is 1.48 bits per heavy atom. The van der Waals surface area contributed by atoms with E-state index in [4.69, 9.17) is 0 Å². The van der Waals surface area contributed by atoms with E-state index in [9.17, 15) is 18.0 Å². The van der Waals surface area contributed by atoms with Crippen molar-refractivity contribution in [1.29, 1.82) is 0 Å². The summed E-state index contributed by atoms with van der Waals surface area (Å²) in [5.41, 5.74) is -0.611. The van der Waals surface area contributed by atoms with Crippen LogP contribution in [0, 0.1) is 12.8 Å². The zero-order valence-electron chi connectivity index (χ0n) is 12.4. The topological polar surface area (TPSA) is 38.1 Å². The van der Waals surface area contributed by atoms with Gasteiger partial charge < -0.3 is 4.90 Å². The first-order valence-electron chi connectivity index (χ1n) is 7.12.